The summed E-state index contributed by atoms with van der Waals surface area (Å²) in [7, 11) is 0. The number of carbonyl (C=O) groups excluding carboxylic acids is 1. The first-order valence-electron chi connectivity index (χ1n) is 9.60. The number of para-hydroxylation sites is 2. The van der Waals surface area contributed by atoms with E-state index in [4.69, 9.17) is 0 Å². The fraction of sp³-hybridized carbons (Fsp3) is 0.318. The number of nitrogens with zero attached hydrogens (tertiary/aromatic N) is 2. The van der Waals surface area contributed by atoms with E-state index < -0.39 is 5.97 Å². The van der Waals surface area contributed by atoms with Crippen LogP contribution in [0.2, 0.25) is 0 Å². The molecule has 0 unspecified atom stereocenters. The summed E-state index contributed by atoms with van der Waals surface area (Å²) in [5.74, 6) is 0.144. The van der Waals surface area contributed by atoms with Crippen LogP contribution in [-0.4, -0.2) is 44.9 Å². The van der Waals surface area contributed by atoms with E-state index in [-0.39, 0.29) is 24.2 Å². The topological polar surface area (TPSA) is 86.3 Å². The van der Waals surface area contributed by atoms with Crippen LogP contribution in [0.4, 0.5) is 0 Å². The van der Waals surface area contributed by atoms with Crippen LogP contribution < -0.4 is 0 Å². The minimum atomic E-state index is -0.789. The molecule has 0 spiro atoms. The third-order valence-corrected chi connectivity index (χ3v) is 5.53. The first kappa shape index (κ1) is 18.2. The molecule has 1 fully saturated rings. The van der Waals surface area contributed by atoms with Crippen LogP contribution in [0.15, 0.2) is 54.6 Å². The number of carboxylic acid groups (broad SMARTS) is 1. The van der Waals surface area contributed by atoms with Crippen LogP contribution >= 0.6 is 0 Å². The SMILES string of the molecule is O=C(O)C[C@@H]1CCN(C(=O)c2ccccc2)C[C@@H]1Cc1nc2ccccc2[nH]1. The number of likely N-dealkylation sites (tertiary alicyclic amines) is 1. The number of aliphatic carboxylic acids is 1. The van der Waals surface area contributed by atoms with Crippen LogP contribution in [0.1, 0.15) is 29.0 Å². The fourth-order valence-electron chi connectivity index (χ4n) is 4.10. The molecule has 2 aromatic carbocycles. The number of benzene rings is 2. The molecular weight excluding hydrogens is 354 g/mol. The number of H-pyrrole nitrogens is 1. The second-order valence-electron chi connectivity index (χ2n) is 7.43. The van der Waals surface area contributed by atoms with Crippen molar-refractivity contribution in [1.29, 1.82) is 0 Å². The van der Waals surface area contributed by atoms with Crippen LogP contribution in [0.25, 0.3) is 11.0 Å². The van der Waals surface area contributed by atoms with Gasteiger partial charge in [-0.25, -0.2) is 4.98 Å². The summed E-state index contributed by atoms with van der Waals surface area (Å²) in [5.41, 5.74) is 2.54. The van der Waals surface area contributed by atoms with Gasteiger partial charge in [-0.3, -0.25) is 9.59 Å². The molecule has 1 aliphatic heterocycles. The minimum absolute atomic E-state index is 0.00369. The second-order valence-corrected chi connectivity index (χ2v) is 7.43. The van der Waals surface area contributed by atoms with Crippen molar-refractivity contribution >= 4 is 22.9 Å². The zero-order chi connectivity index (χ0) is 19.5. The van der Waals surface area contributed by atoms with Gasteiger partial charge >= 0.3 is 5.97 Å². The van der Waals surface area contributed by atoms with Crippen molar-refractivity contribution in [1.82, 2.24) is 14.9 Å². The van der Waals surface area contributed by atoms with Gasteiger partial charge in [0.15, 0.2) is 0 Å². The monoisotopic (exact) mass is 377 g/mol. The predicted molar refractivity (Wildman–Crippen MR) is 106 cm³/mol. The third kappa shape index (κ3) is 3.91. The number of rotatable bonds is 5. The zero-order valence-corrected chi connectivity index (χ0v) is 15.5. The highest BCUT2D eigenvalue weighted by molar-refractivity contribution is 5.94. The maximum Gasteiger partial charge on any atom is 0.303 e. The summed E-state index contributed by atoms with van der Waals surface area (Å²) in [6.07, 6.45) is 1.44. The number of fused-ring (bicyclic) bond motifs is 1. The Labute approximate surface area is 163 Å². The van der Waals surface area contributed by atoms with E-state index in [0.29, 0.717) is 31.5 Å². The van der Waals surface area contributed by atoms with E-state index >= 15 is 0 Å². The van der Waals surface area contributed by atoms with Gasteiger partial charge < -0.3 is 15.0 Å². The number of carboxylic acids is 1. The molecule has 6 heteroatoms. The first-order chi connectivity index (χ1) is 13.6. The summed E-state index contributed by atoms with van der Waals surface area (Å²) in [6.45, 7) is 1.13. The molecule has 1 saturated heterocycles. The maximum atomic E-state index is 12.9. The highest BCUT2D eigenvalue weighted by atomic mass is 16.4. The number of piperidine rings is 1. The van der Waals surface area contributed by atoms with Gasteiger partial charge in [0.1, 0.15) is 5.82 Å². The van der Waals surface area contributed by atoms with Gasteiger partial charge in [0.05, 0.1) is 11.0 Å². The lowest BCUT2D eigenvalue weighted by molar-refractivity contribution is -0.139. The van der Waals surface area contributed by atoms with Gasteiger partial charge in [-0.1, -0.05) is 30.3 Å². The molecule has 0 saturated carbocycles. The molecule has 2 heterocycles. The van der Waals surface area contributed by atoms with E-state index in [1.165, 1.54) is 0 Å². The Morgan fingerprint density at radius 2 is 1.82 bits per heavy atom. The van der Waals surface area contributed by atoms with Gasteiger partial charge in [0.25, 0.3) is 5.91 Å². The van der Waals surface area contributed by atoms with Crippen molar-refractivity contribution in [3.8, 4) is 0 Å². The van der Waals surface area contributed by atoms with Crippen LogP contribution in [0.5, 0.6) is 0 Å². The summed E-state index contributed by atoms with van der Waals surface area (Å²) >= 11 is 0. The fourth-order valence-corrected chi connectivity index (χ4v) is 4.10. The molecule has 0 aliphatic carbocycles. The number of carbonyl (C=O) groups is 2. The highest BCUT2D eigenvalue weighted by Gasteiger charge is 2.33. The predicted octanol–water partition coefficient (Wildman–Crippen LogP) is 3.36. The number of nitrogens with one attached hydrogen (secondary N) is 1. The van der Waals surface area contributed by atoms with E-state index in [1.807, 2.05) is 59.5 Å². The number of aromatic nitrogens is 2. The number of hydrogen-bond donors (Lipinski definition) is 2. The number of amides is 1. The smallest absolute Gasteiger partial charge is 0.303 e. The molecule has 6 nitrogen and oxygen atoms in total. The standard InChI is InChI=1S/C22H23N3O3/c26-21(27)13-16-10-11-25(22(28)15-6-2-1-3-7-15)14-17(16)12-20-23-18-8-4-5-9-19(18)24-20/h1-9,16-17H,10-14H2,(H,23,24)(H,26,27)/t16-,17-/m0/s1. The first-order valence-corrected chi connectivity index (χ1v) is 9.60. The average molecular weight is 377 g/mol. The van der Waals surface area contributed by atoms with Crippen LogP contribution in [-0.2, 0) is 11.2 Å². The van der Waals surface area contributed by atoms with Crippen molar-refractivity contribution in [2.24, 2.45) is 11.8 Å². The van der Waals surface area contributed by atoms with Crippen LogP contribution in [0.3, 0.4) is 0 Å². The Morgan fingerprint density at radius 1 is 1.07 bits per heavy atom. The highest BCUT2D eigenvalue weighted by Crippen LogP contribution is 2.30. The lowest BCUT2D eigenvalue weighted by Gasteiger charge is -2.38. The largest absolute Gasteiger partial charge is 0.481 e. The Hall–Kier alpha value is -3.15. The van der Waals surface area contributed by atoms with E-state index in [9.17, 15) is 14.7 Å². The van der Waals surface area contributed by atoms with Gasteiger partial charge in [-0.15, -0.1) is 0 Å². The molecule has 144 valence electrons. The zero-order valence-electron chi connectivity index (χ0n) is 15.5. The quantitative estimate of drug-likeness (QED) is 0.714. The second kappa shape index (κ2) is 7.84. The third-order valence-electron chi connectivity index (χ3n) is 5.53. The Morgan fingerprint density at radius 3 is 2.57 bits per heavy atom. The van der Waals surface area contributed by atoms with E-state index in [0.717, 1.165) is 16.9 Å². The summed E-state index contributed by atoms with van der Waals surface area (Å²) in [6, 6.07) is 17.1. The molecule has 0 bridgehead atoms. The van der Waals surface area contributed by atoms with Crippen molar-refractivity contribution in [2.45, 2.75) is 19.3 Å². The van der Waals surface area contributed by atoms with Gasteiger partial charge in [-0.05, 0) is 42.5 Å². The molecule has 28 heavy (non-hydrogen) atoms. The van der Waals surface area contributed by atoms with Crippen molar-refractivity contribution in [3.63, 3.8) is 0 Å². The van der Waals surface area contributed by atoms with Gasteiger partial charge in [0, 0.05) is 31.5 Å². The van der Waals surface area contributed by atoms with Gasteiger partial charge in [0.2, 0.25) is 0 Å². The van der Waals surface area contributed by atoms with E-state index in [2.05, 4.69) is 9.97 Å². The van der Waals surface area contributed by atoms with Gasteiger partial charge in [-0.2, -0.15) is 0 Å². The summed E-state index contributed by atoms with van der Waals surface area (Å²) < 4.78 is 0. The van der Waals surface area contributed by atoms with Crippen molar-refractivity contribution in [3.05, 3.63) is 66.0 Å². The maximum absolute atomic E-state index is 12.9. The Kier molecular flexibility index (Phi) is 5.10. The lowest BCUT2D eigenvalue weighted by atomic mass is 9.81. The van der Waals surface area contributed by atoms with Crippen LogP contribution in [0, 0.1) is 11.8 Å². The van der Waals surface area contributed by atoms with Crippen molar-refractivity contribution in [2.75, 3.05) is 13.1 Å². The molecule has 4 rings (SSSR count). The number of aromatic amines is 1. The molecule has 1 aliphatic rings. The molecule has 2 atom stereocenters. The molecule has 2 N–H and O–H groups in total. The molecule has 1 amide bonds. The Balaban J connectivity index is 1.54. The van der Waals surface area contributed by atoms with E-state index in [1.54, 1.807) is 0 Å². The Bertz CT molecular complexity index is 950. The average Bonchev–Trinajstić information content (AvgIpc) is 3.11. The molecule has 0 radical (unpaired) electrons. The lowest BCUT2D eigenvalue weighted by Crippen LogP contribution is -2.45. The number of imidazole rings is 1. The molecular formula is C22H23N3O3. The molecule has 1 aromatic heterocycles. The summed E-state index contributed by atoms with van der Waals surface area (Å²) in [5, 5.41) is 9.31. The van der Waals surface area contributed by atoms with Crippen molar-refractivity contribution < 1.29 is 14.7 Å². The molecule has 3 aromatic rings. The number of hydrogen-bond acceptors (Lipinski definition) is 3. The summed E-state index contributed by atoms with van der Waals surface area (Å²) in [4.78, 5) is 34.0. The minimum Gasteiger partial charge on any atom is -0.481 e. The normalized spacial score (nSPS) is 19.6.